The highest BCUT2D eigenvalue weighted by Crippen LogP contribution is 2.49. The van der Waals surface area contributed by atoms with E-state index in [4.69, 9.17) is 19.3 Å². The summed E-state index contributed by atoms with van der Waals surface area (Å²) in [4.78, 5) is 12.1. The molecule has 1 heterocycles. The van der Waals surface area contributed by atoms with Crippen molar-refractivity contribution in [2.45, 2.75) is 38.5 Å². The van der Waals surface area contributed by atoms with Gasteiger partial charge in [0.1, 0.15) is 17.6 Å². The molecule has 0 saturated carbocycles. The molecule has 0 spiro atoms. The van der Waals surface area contributed by atoms with E-state index in [0.717, 1.165) is 16.7 Å². The molecule has 162 valence electrons. The number of primary sulfonamides is 1. The van der Waals surface area contributed by atoms with E-state index in [-0.39, 0.29) is 17.8 Å². The van der Waals surface area contributed by atoms with Crippen molar-refractivity contribution in [2.75, 3.05) is 14.2 Å². The molecule has 0 radical (unpaired) electrons. The normalized spacial score (nSPS) is 15.6. The summed E-state index contributed by atoms with van der Waals surface area (Å²) >= 11 is 0. The quantitative estimate of drug-likeness (QED) is 0.670. The minimum atomic E-state index is -3.67. The zero-order valence-corrected chi connectivity index (χ0v) is 18.4. The van der Waals surface area contributed by atoms with Crippen LogP contribution in [0.2, 0.25) is 0 Å². The molecule has 8 heteroatoms. The Hall–Kier alpha value is -2.58. The number of hydrogen-bond donors (Lipinski definition) is 1. The molecule has 3 rings (SSSR count). The molecule has 7 nitrogen and oxygen atoms in total. The predicted molar refractivity (Wildman–Crippen MR) is 114 cm³/mol. The molecule has 1 aliphatic rings. The number of fused-ring (bicyclic) bond motifs is 3. The molecular formula is C22H27NO6S. The summed E-state index contributed by atoms with van der Waals surface area (Å²) in [6, 6.07) is 11.0. The average Bonchev–Trinajstić information content (AvgIpc) is 2.69. The van der Waals surface area contributed by atoms with Crippen molar-refractivity contribution in [3.05, 3.63) is 47.5 Å². The van der Waals surface area contributed by atoms with Gasteiger partial charge in [-0.05, 0) is 49.9 Å². The van der Waals surface area contributed by atoms with Crippen molar-refractivity contribution < 1.29 is 27.4 Å². The number of hydrogen-bond acceptors (Lipinski definition) is 6. The molecule has 0 aromatic heterocycles. The van der Waals surface area contributed by atoms with E-state index in [9.17, 15) is 13.2 Å². The second-order valence-electron chi connectivity index (χ2n) is 8.08. The van der Waals surface area contributed by atoms with E-state index in [0.29, 0.717) is 29.9 Å². The van der Waals surface area contributed by atoms with Gasteiger partial charge in [-0.3, -0.25) is 4.79 Å². The minimum Gasteiger partial charge on any atom is -0.496 e. The number of ether oxygens (including phenoxy) is 3. The predicted octanol–water partition coefficient (Wildman–Crippen LogP) is 3.56. The van der Waals surface area contributed by atoms with Gasteiger partial charge in [-0.15, -0.1) is 0 Å². The fraction of sp³-hybridized carbons (Fsp3) is 0.409. The topological polar surface area (TPSA) is 105 Å². The number of esters is 1. The van der Waals surface area contributed by atoms with Gasteiger partial charge in [0.05, 0.1) is 31.0 Å². The molecule has 1 unspecified atom stereocenters. The summed E-state index contributed by atoms with van der Waals surface area (Å²) in [7, 11) is -0.705. The lowest BCUT2D eigenvalue weighted by molar-refractivity contribution is -0.151. The largest absolute Gasteiger partial charge is 0.496 e. The smallest absolute Gasteiger partial charge is 0.311 e. The van der Waals surface area contributed by atoms with Gasteiger partial charge in [0.2, 0.25) is 10.0 Å². The van der Waals surface area contributed by atoms with E-state index in [1.54, 1.807) is 13.2 Å². The van der Waals surface area contributed by atoms with Gasteiger partial charge in [-0.1, -0.05) is 24.3 Å². The third kappa shape index (κ3) is 4.60. The van der Waals surface area contributed by atoms with Gasteiger partial charge in [0, 0.05) is 5.56 Å². The fourth-order valence-electron chi connectivity index (χ4n) is 3.77. The van der Waals surface area contributed by atoms with Gasteiger partial charge in [-0.2, -0.15) is 0 Å². The van der Waals surface area contributed by atoms with Crippen LogP contribution in [0.3, 0.4) is 0 Å². The Balaban J connectivity index is 2.04. The van der Waals surface area contributed by atoms with Crippen molar-refractivity contribution in [3.63, 3.8) is 0 Å². The van der Waals surface area contributed by atoms with Gasteiger partial charge >= 0.3 is 5.97 Å². The number of benzene rings is 2. The van der Waals surface area contributed by atoms with Crippen LogP contribution in [-0.2, 0) is 25.3 Å². The molecule has 1 atom stereocenters. The molecule has 2 aromatic rings. The van der Waals surface area contributed by atoms with E-state index in [1.807, 2.05) is 44.2 Å². The third-order valence-corrected chi connectivity index (χ3v) is 6.08. The van der Waals surface area contributed by atoms with Crippen molar-refractivity contribution in [1.29, 1.82) is 0 Å². The maximum Gasteiger partial charge on any atom is 0.311 e. The fourth-order valence-corrected chi connectivity index (χ4v) is 4.42. The highest BCUT2D eigenvalue weighted by molar-refractivity contribution is 7.88. The number of nitrogens with two attached hydrogens (primary N) is 1. The Kier molecular flexibility index (Phi) is 6.10. The Morgan fingerprint density at radius 1 is 1.20 bits per heavy atom. The second kappa shape index (κ2) is 8.28. The first-order valence-corrected chi connectivity index (χ1v) is 11.3. The molecule has 2 N–H and O–H groups in total. The minimum absolute atomic E-state index is 0.264. The summed E-state index contributed by atoms with van der Waals surface area (Å²) in [5, 5.41) is 5.23. The van der Waals surface area contributed by atoms with E-state index >= 15 is 0 Å². The molecule has 0 fully saturated rings. The molecular weight excluding hydrogens is 406 g/mol. The first-order chi connectivity index (χ1) is 14.1. The Bertz CT molecular complexity index is 1060. The van der Waals surface area contributed by atoms with Gasteiger partial charge < -0.3 is 14.2 Å². The zero-order valence-electron chi connectivity index (χ0n) is 17.6. The Morgan fingerprint density at radius 2 is 1.93 bits per heavy atom. The van der Waals surface area contributed by atoms with Crippen LogP contribution in [0.4, 0.5) is 0 Å². The summed E-state index contributed by atoms with van der Waals surface area (Å²) < 4.78 is 39.9. The van der Waals surface area contributed by atoms with Gasteiger partial charge in [0.15, 0.2) is 0 Å². The van der Waals surface area contributed by atoms with Gasteiger partial charge in [-0.25, -0.2) is 13.6 Å². The lowest BCUT2D eigenvalue weighted by Crippen LogP contribution is -2.27. The molecule has 0 amide bonds. The van der Waals surface area contributed by atoms with Crippen LogP contribution in [0.5, 0.6) is 11.5 Å². The summed E-state index contributed by atoms with van der Waals surface area (Å²) in [5.74, 6) is 0.797. The van der Waals surface area contributed by atoms with Crippen LogP contribution in [-0.4, -0.2) is 28.6 Å². The van der Waals surface area contributed by atoms with Crippen LogP contribution in [0.15, 0.2) is 36.4 Å². The Labute approximate surface area is 177 Å². The highest BCUT2D eigenvalue weighted by Gasteiger charge is 2.33. The van der Waals surface area contributed by atoms with Crippen LogP contribution in [0.25, 0.3) is 11.1 Å². The monoisotopic (exact) mass is 433 g/mol. The Morgan fingerprint density at radius 3 is 2.57 bits per heavy atom. The number of methoxy groups -OCH3 is 2. The zero-order chi connectivity index (χ0) is 22.1. The van der Waals surface area contributed by atoms with E-state index in [1.165, 1.54) is 7.11 Å². The molecule has 2 aromatic carbocycles. The lowest BCUT2D eigenvalue weighted by Gasteiger charge is -2.32. The van der Waals surface area contributed by atoms with Crippen molar-refractivity contribution >= 4 is 16.0 Å². The summed E-state index contributed by atoms with van der Waals surface area (Å²) in [5.41, 5.74) is 2.48. The second-order valence-corrected chi connectivity index (χ2v) is 9.70. The number of rotatable bonds is 7. The maximum absolute atomic E-state index is 12.1. The standard InChI is InChI=1S/C22H27NO6S/c1-22(2,21(24)28-4)11-10-17-16-12-14(13-30(23,25)26)8-9-15(16)20-18(27-3)6-5-7-19(20)29-17/h5-9,12,17H,10-11,13H2,1-4H3,(H2,23,25,26). The highest BCUT2D eigenvalue weighted by atomic mass is 32.2. The van der Waals surface area contributed by atoms with Crippen molar-refractivity contribution in [1.82, 2.24) is 0 Å². The first-order valence-electron chi connectivity index (χ1n) is 9.61. The number of carbonyl (C=O) groups excluding carboxylic acids is 1. The molecule has 30 heavy (non-hydrogen) atoms. The van der Waals surface area contributed by atoms with E-state index < -0.39 is 15.4 Å². The summed E-state index contributed by atoms with van der Waals surface area (Å²) in [6.45, 7) is 3.66. The molecule has 0 saturated heterocycles. The average molecular weight is 434 g/mol. The third-order valence-electron chi connectivity index (χ3n) is 5.35. The van der Waals surface area contributed by atoms with Crippen LogP contribution in [0.1, 0.15) is 43.9 Å². The summed E-state index contributed by atoms with van der Waals surface area (Å²) in [6.07, 6.45) is 0.719. The van der Waals surface area contributed by atoms with Crippen LogP contribution >= 0.6 is 0 Å². The lowest BCUT2D eigenvalue weighted by atomic mass is 9.83. The maximum atomic E-state index is 12.1. The number of sulfonamides is 1. The van der Waals surface area contributed by atoms with E-state index in [2.05, 4.69) is 0 Å². The van der Waals surface area contributed by atoms with Crippen LogP contribution < -0.4 is 14.6 Å². The molecule has 0 aliphatic carbocycles. The van der Waals surface area contributed by atoms with Crippen molar-refractivity contribution in [2.24, 2.45) is 10.6 Å². The molecule has 0 bridgehead atoms. The van der Waals surface area contributed by atoms with Gasteiger partial charge in [0.25, 0.3) is 0 Å². The number of carbonyl (C=O) groups is 1. The van der Waals surface area contributed by atoms with Crippen LogP contribution in [0, 0.1) is 5.41 Å². The SMILES string of the molecule is COC(=O)C(C)(C)CCC1Oc2cccc(OC)c2-c2ccc(CS(N)(=O)=O)cc21. The van der Waals surface area contributed by atoms with Crippen molar-refractivity contribution in [3.8, 4) is 22.6 Å². The first kappa shape index (κ1) is 22.1. The molecule has 1 aliphatic heterocycles.